The predicted octanol–water partition coefficient (Wildman–Crippen LogP) is 5.30. The molecule has 10 nitrogen and oxygen atoms in total. The van der Waals surface area contributed by atoms with Crippen LogP contribution in [0, 0.1) is 6.92 Å². The zero-order chi connectivity index (χ0) is 33.8. The fourth-order valence-electron chi connectivity index (χ4n) is 7.33. The third kappa shape index (κ3) is 7.75. The zero-order valence-corrected chi connectivity index (χ0v) is 29.0. The van der Waals surface area contributed by atoms with Gasteiger partial charge in [0, 0.05) is 61.8 Å². The van der Waals surface area contributed by atoms with Gasteiger partial charge in [-0.15, -0.1) is 0 Å². The molecule has 0 saturated carbocycles. The highest BCUT2D eigenvalue weighted by molar-refractivity contribution is 5.97. The van der Waals surface area contributed by atoms with E-state index >= 15 is 0 Å². The van der Waals surface area contributed by atoms with Crippen molar-refractivity contribution < 1.29 is 19.1 Å². The normalized spacial score (nSPS) is 18.6. The number of hydrogen-bond donors (Lipinski definition) is 0. The van der Waals surface area contributed by atoms with E-state index in [1.165, 1.54) is 33.7 Å². The number of anilines is 2. The van der Waals surface area contributed by atoms with E-state index in [9.17, 15) is 9.59 Å². The summed E-state index contributed by atoms with van der Waals surface area (Å²) < 4.78 is 11.9. The molecule has 1 atom stereocenters. The minimum Gasteiger partial charge on any atom is -0.462 e. The summed E-state index contributed by atoms with van der Waals surface area (Å²) in [5.74, 6) is 0.749. The number of ether oxygens (including phenoxy) is 2. The first kappa shape index (κ1) is 33.7. The Hall–Kier alpha value is -4.18. The molecule has 3 aromatic rings. The van der Waals surface area contributed by atoms with Gasteiger partial charge in [-0.3, -0.25) is 14.5 Å². The first-order valence-electron chi connectivity index (χ1n) is 17.5. The standard InChI is InChI=1S/C38H50N6O4/c1-6-33(45)42-21-23-43(24-22-42)36-30-17-20-44(32-15-8-13-28-12-7-11-27(2)35(28)32)25-31(30)39-37(40-36)47-26-29-14-9-18-41(29)19-10-16-34(46)48-38(3,4)5/h6-8,11-13,15,29H,1,9-10,14,16-26H2,2-5H3. The summed E-state index contributed by atoms with van der Waals surface area (Å²) in [5.41, 5.74) is 4.20. The van der Waals surface area contributed by atoms with E-state index < -0.39 is 5.60 Å². The summed E-state index contributed by atoms with van der Waals surface area (Å²) in [5, 5.41) is 2.52. The number of carbonyl (C=O) groups is 2. The Morgan fingerprint density at radius 2 is 1.77 bits per heavy atom. The summed E-state index contributed by atoms with van der Waals surface area (Å²) >= 11 is 0. The van der Waals surface area contributed by atoms with Crippen molar-refractivity contribution in [2.75, 3.05) is 62.2 Å². The van der Waals surface area contributed by atoms with Crippen molar-refractivity contribution in [3.8, 4) is 6.01 Å². The van der Waals surface area contributed by atoms with Crippen LogP contribution in [0.5, 0.6) is 6.01 Å². The molecule has 2 saturated heterocycles. The smallest absolute Gasteiger partial charge is 0.318 e. The minimum atomic E-state index is -0.462. The first-order valence-corrected chi connectivity index (χ1v) is 17.5. The van der Waals surface area contributed by atoms with E-state index in [2.05, 4.69) is 64.6 Å². The lowest BCUT2D eigenvalue weighted by Gasteiger charge is -2.38. The van der Waals surface area contributed by atoms with E-state index in [1.807, 2.05) is 25.7 Å². The molecule has 0 spiro atoms. The van der Waals surface area contributed by atoms with Gasteiger partial charge in [0.05, 0.1) is 12.2 Å². The molecule has 6 rings (SSSR count). The Bertz CT molecular complexity index is 1640. The number of nitrogens with zero attached hydrogens (tertiary/aromatic N) is 6. The van der Waals surface area contributed by atoms with Crippen molar-refractivity contribution in [1.29, 1.82) is 0 Å². The fraction of sp³-hybridized carbons (Fsp3) is 0.526. The summed E-state index contributed by atoms with van der Waals surface area (Å²) in [6.45, 7) is 18.1. The Morgan fingerprint density at radius 1 is 1.00 bits per heavy atom. The van der Waals surface area contributed by atoms with Crippen LogP contribution in [0.15, 0.2) is 49.1 Å². The van der Waals surface area contributed by atoms with Crippen LogP contribution in [0.2, 0.25) is 0 Å². The van der Waals surface area contributed by atoms with Crippen LogP contribution in [0.1, 0.15) is 63.3 Å². The molecule has 48 heavy (non-hydrogen) atoms. The van der Waals surface area contributed by atoms with E-state index in [1.54, 1.807) is 0 Å². The number of carbonyl (C=O) groups excluding carboxylic acids is 2. The number of esters is 1. The van der Waals surface area contributed by atoms with Crippen molar-refractivity contribution in [2.24, 2.45) is 0 Å². The Morgan fingerprint density at radius 3 is 2.52 bits per heavy atom. The molecular weight excluding hydrogens is 604 g/mol. The van der Waals surface area contributed by atoms with Crippen LogP contribution in [0.3, 0.4) is 0 Å². The molecule has 1 aromatic heterocycles. The number of amides is 1. The Labute approximate surface area is 284 Å². The average molecular weight is 655 g/mol. The maximum Gasteiger partial charge on any atom is 0.318 e. The highest BCUT2D eigenvalue weighted by atomic mass is 16.6. The van der Waals surface area contributed by atoms with Crippen molar-refractivity contribution in [1.82, 2.24) is 19.8 Å². The van der Waals surface area contributed by atoms with Gasteiger partial charge in [0.2, 0.25) is 5.91 Å². The molecule has 0 bridgehead atoms. The van der Waals surface area contributed by atoms with Crippen molar-refractivity contribution in [2.45, 2.75) is 78.0 Å². The zero-order valence-electron chi connectivity index (χ0n) is 29.0. The van der Waals surface area contributed by atoms with Gasteiger partial charge in [-0.1, -0.05) is 36.9 Å². The Balaban J connectivity index is 1.20. The first-order chi connectivity index (χ1) is 23.1. The number of aryl methyl sites for hydroxylation is 1. The highest BCUT2D eigenvalue weighted by Crippen LogP contribution is 2.35. The topological polar surface area (TPSA) is 91.3 Å². The third-order valence-corrected chi connectivity index (χ3v) is 9.67. The number of piperazine rings is 1. The SMILES string of the molecule is C=CC(=O)N1CCN(c2nc(OCC3CCCN3CCCC(=O)OC(C)(C)C)nc3c2CCN(c2cccc4cccc(C)c24)C3)CC1. The van der Waals surface area contributed by atoms with Crippen molar-refractivity contribution in [3.63, 3.8) is 0 Å². The van der Waals surface area contributed by atoms with Gasteiger partial charge in [-0.05, 0) is 89.6 Å². The second kappa shape index (κ2) is 14.5. The average Bonchev–Trinajstić information content (AvgIpc) is 3.52. The second-order valence-corrected chi connectivity index (χ2v) is 14.2. The van der Waals surface area contributed by atoms with E-state index in [-0.39, 0.29) is 17.9 Å². The molecule has 1 unspecified atom stereocenters. The fourth-order valence-corrected chi connectivity index (χ4v) is 7.33. The van der Waals surface area contributed by atoms with E-state index in [0.717, 1.165) is 56.8 Å². The molecule has 10 heteroatoms. The summed E-state index contributed by atoms with van der Waals surface area (Å²) in [6.07, 6.45) is 5.53. The summed E-state index contributed by atoms with van der Waals surface area (Å²) in [4.78, 5) is 43.6. The van der Waals surface area contributed by atoms with Gasteiger partial charge in [-0.2, -0.15) is 9.97 Å². The number of rotatable bonds is 10. The second-order valence-electron chi connectivity index (χ2n) is 14.2. The monoisotopic (exact) mass is 654 g/mol. The van der Waals surface area contributed by atoms with Gasteiger partial charge in [0.1, 0.15) is 18.0 Å². The van der Waals surface area contributed by atoms with Crippen LogP contribution in [0.4, 0.5) is 11.5 Å². The van der Waals surface area contributed by atoms with Crippen LogP contribution >= 0.6 is 0 Å². The number of likely N-dealkylation sites (tertiary alicyclic amines) is 1. The van der Waals surface area contributed by atoms with Crippen LogP contribution in [0.25, 0.3) is 10.8 Å². The molecule has 3 aliphatic rings. The lowest BCUT2D eigenvalue weighted by atomic mass is 9.99. The maximum atomic E-state index is 12.3. The number of benzene rings is 2. The van der Waals surface area contributed by atoms with Crippen LogP contribution < -0.4 is 14.5 Å². The van der Waals surface area contributed by atoms with Gasteiger partial charge in [0.25, 0.3) is 0 Å². The molecule has 256 valence electrons. The van der Waals surface area contributed by atoms with Gasteiger partial charge < -0.3 is 24.2 Å². The van der Waals surface area contributed by atoms with Gasteiger partial charge >= 0.3 is 12.0 Å². The van der Waals surface area contributed by atoms with Crippen LogP contribution in [-0.2, 0) is 27.3 Å². The molecule has 1 amide bonds. The molecule has 3 aliphatic heterocycles. The predicted molar refractivity (Wildman–Crippen MR) is 190 cm³/mol. The number of hydrogen-bond acceptors (Lipinski definition) is 9. The Kier molecular flexibility index (Phi) is 10.2. The highest BCUT2D eigenvalue weighted by Gasteiger charge is 2.30. The molecule has 0 N–H and O–H groups in total. The molecule has 4 heterocycles. The third-order valence-electron chi connectivity index (χ3n) is 9.67. The van der Waals surface area contributed by atoms with Crippen LogP contribution in [-0.4, -0.2) is 95.7 Å². The van der Waals surface area contributed by atoms with E-state index in [4.69, 9.17) is 19.4 Å². The van der Waals surface area contributed by atoms with E-state index in [0.29, 0.717) is 51.8 Å². The van der Waals surface area contributed by atoms with Crippen molar-refractivity contribution in [3.05, 3.63) is 65.9 Å². The minimum absolute atomic E-state index is 0.0309. The molecule has 2 fully saturated rings. The maximum absolute atomic E-state index is 12.3. The lowest BCUT2D eigenvalue weighted by molar-refractivity contribution is -0.155. The number of fused-ring (bicyclic) bond motifs is 2. The molecular formula is C38H50N6O4. The quantitative estimate of drug-likeness (QED) is 0.213. The summed E-state index contributed by atoms with van der Waals surface area (Å²) in [7, 11) is 0. The number of aromatic nitrogens is 2. The molecule has 0 aliphatic carbocycles. The summed E-state index contributed by atoms with van der Waals surface area (Å²) in [6, 6.07) is 13.7. The largest absolute Gasteiger partial charge is 0.462 e. The van der Waals surface area contributed by atoms with Gasteiger partial charge in [-0.25, -0.2) is 0 Å². The molecule has 0 radical (unpaired) electrons. The lowest BCUT2D eigenvalue weighted by Crippen LogP contribution is -2.49. The van der Waals surface area contributed by atoms with Gasteiger partial charge in [0.15, 0.2) is 0 Å². The molecule has 2 aromatic carbocycles. The van der Waals surface area contributed by atoms with Crippen molar-refractivity contribution >= 4 is 34.2 Å².